The minimum absolute atomic E-state index is 0.206. The second-order valence-corrected chi connectivity index (χ2v) is 10.6. The molecule has 0 aromatic heterocycles. The predicted molar refractivity (Wildman–Crippen MR) is 140 cm³/mol. The molecule has 1 fully saturated rings. The Morgan fingerprint density at radius 2 is 1.57 bits per heavy atom. The largest absolute Gasteiger partial charge is 0.493 e. The van der Waals surface area contributed by atoms with Gasteiger partial charge in [-0.3, -0.25) is 0 Å². The van der Waals surface area contributed by atoms with Gasteiger partial charge in [0.25, 0.3) is 0 Å². The van der Waals surface area contributed by atoms with Gasteiger partial charge in [0.1, 0.15) is 24.4 Å². The molecule has 0 spiro atoms. The number of ether oxygens (including phenoxy) is 6. The predicted octanol–water partition coefficient (Wildman–Crippen LogP) is 3.62. The first-order valence-corrected chi connectivity index (χ1v) is 14.0. The highest BCUT2D eigenvalue weighted by Crippen LogP contribution is 2.48. The van der Waals surface area contributed by atoms with Crippen molar-refractivity contribution in [1.82, 2.24) is 0 Å². The van der Waals surface area contributed by atoms with Gasteiger partial charge in [-0.25, -0.2) is 8.42 Å². The van der Waals surface area contributed by atoms with E-state index in [0.29, 0.717) is 42.6 Å². The van der Waals surface area contributed by atoms with E-state index in [2.05, 4.69) is 0 Å². The van der Waals surface area contributed by atoms with Crippen LogP contribution in [0.4, 0.5) is 0 Å². The van der Waals surface area contributed by atoms with Crippen molar-refractivity contribution in [3.63, 3.8) is 0 Å². The van der Waals surface area contributed by atoms with E-state index in [1.807, 2.05) is 37.3 Å². The Hall–Kier alpha value is -2.63. The SMILES string of the molecule is CCCOC1C(c2cc(OC)c(OC)c(OC)c2)OC(c2cccc(S(C)(=O)=O)c2)C1OCC=CCN. The van der Waals surface area contributed by atoms with E-state index in [0.717, 1.165) is 12.0 Å². The standard InChI is InChI=1S/C27H37NO8S/c1-6-13-34-27-24(19-16-21(31-2)25(33-4)22(17-19)32-3)36-23(26(27)35-14-8-7-12-28)18-10-9-11-20(15-18)37(5,29)30/h7-11,15-17,23-24,26-27H,6,12-14,28H2,1-5H3. The van der Waals surface area contributed by atoms with Crippen molar-refractivity contribution in [3.05, 3.63) is 59.7 Å². The average Bonchev–Trinajstić information content (AvgIpc) is 3.26. The van der Waals surface area contributed by atoms with Crippen LogP contribution in [-0.4, -0.2) is 68.0 Å². The molecule has 10 heteroatoms. The van der Waals surface area contributed by atoms with Crippen molar-refractivity contribution < 1.29 is 36.8 Å². The summed E-state index contributed by atoms with van der Waals surface area (Å²) in [6, 6.07) is 10.4. The summed E-state index contributed by atoms with van der Waals surface area (Å²) in [6.07, 6.45) is 3.44. The molecule has 0 aliphatic carbocycles. The van der Waals surface area contributed by atoms with Crippen LogP contribution in [0.5, 0.6) is 17.2 Å². The van der Waals surface area contributed by atoms with Crippen molar-refractivity contribution in [2.75, 3.05) is 47.3 Å². The van der Waals surface area contributed by atoms with Crippen LogP contribution < -0.4 is 19.9 Å². The molecular weight excluding hydrogens is 498 g/mol. The number of benzene rings is 2. The number of sulfone groups is 1. The lowest BCUT2D eigenvalue weighted by Crippen LogP contribution is -2.33. The van der Waals surface area contributed by atoms with Crippen LogP contribution in [0.15, 0.2) is 53.4 Å². The summed E-state index contributed by atoms with van der Waals surface area (Å²) in [7, 11) is 1.23. The monoisotopic (exact) mass is 535 g/mol. The van der Waals surface area contributed by atoms with E-state index in [4.69, 9.17) is 34.2 Å². The summed E-state index contributed by atoms with van der Waals surface area (Å²) in [6.45, 7) is 3.20. The van der Waals surface area contributed by atoms with Crippen molar-refractivity contribution in [1.29, 1.82) is 0 Å². The quantitative estimate of drug-likeness (QED) is 0.384. The molecule has 1 saturated heterocycles. The smallest absolute Gasteiger partial charge is 0.203 e. The number of rotatable bonds is 13. The summed E-state index contributed by atoms with van der Waals surface area (Å²) in [4.78, 5) is 0.206. The molecule has 1 heterocycles. The number of nitrogens with two attached hydrogens (primary N) is 1. The Morgan fingerprint density at radius 3 is 2.14 bits per heavy atom. The van der Waals surface area contributed by atoms with Gasteiger partial charge in [-0.1, -0.05) is 31.2 Å². The molecule has 37 heavy (non-hydrogen) atoms. The van der Waals surface area contributed by atoms with Crippen LogP contribution in [0.1, 0.15) is 36.7 Å². The second kappa shape index (κ2) is 13.3. The average molecular weight is 536 g/mol. The fourth-order valence-corrected chi connectivity index (χ4v) is 5.01. The molecule has 204 valence electrons. The van der Waals surface area contributed by atoms with Gasteiger partial charge in [-0.2, -0.15) is 0 Å². The van der Waals surface area contributed by atoms with Crippen LogP contribution in [-0.2, 0) is 24.0 Å². The second-order valence-electron chi connectivity index (χ2n) is 8.62. The number of hydrogen-bond donors (Lipinski definition) is 1. The number of methoxy groups -OCH3 is 3. The van der Waals surface area contributed by atoms with Crippen LogP contribution in [0.3, 0.4) is 0 Å². The topological polar surface area (TPSA) is 116 Å². The molecular formula is C27H37NO8S. The van der Waals surface area contributed by atoms with Gasteiger partial charge in [0.05, 0.1) is 32.8 Å². The van der Waals surface area contributed by atoms with Gasteiger partial charge in [0, 0.05) is 19.4 Å². The van der Waals surface area contributed by atoms with E-state index in [9.17, 15) is 8.42 Å². The molecule has 0 amide bonds. The van der Waals surface area contributed by atoms with Gasteiger partial charge in [0.2, 0.25) is 5.75 Å². The van der Waals surface area contributed by atoms with Crippen molar-refractivity contribution in [3.8, 4) is 17.2 Å². The lowest BCUT2D eigenvalue weighted by molar-refractivity contribution is -0.0600. The Labute approximate surface area is 219 Å². The molecule has 2 aromatic carbocycles. The van der Waals surface area contributed by atoms with E-state index in [1.165, 1.54) is 6.26 Å². The Bertz CT molecular complexity index is 1140. The Kier molecular flexibility index (Phi) is 10.4. The van der Waals surface area contributed by atoms with Crippen molar-refractivity contribution in [2.45, 2.75) is 42.7 Å². The first-order valence-electron chi connectivity index (χ1n) is 12.1. The Balaban J connectivity index is 2.11. The normalized spacial score (nSPS) is 21.9. The third kappa shape index (κ3) is 6.82. The van der Waals surface area contributed by atoms with E-state index < -0.39 is 34.3 Å². The van der Waals surface area contributed by atoms with Gasteiger partial charge in [-0.05, 0) is 41.8 Å². The molecule has 0 radical (unpaired) electrons. The number of hydrogen-bond acceptors (Lipinski definition) is 9. The van der Waals surface area contributed by atoms with Crippen LogP contribution >= 0.6 is 0 Å². The first-order chi connectivity index (χ1) is 17.8. The van der Waals surface area contributed by atoms with Crippen LogP contribution in [0, 0.1) is 0 Å². The molecule has 2 N–H and O–H groups in total. The molecule has 4 unspecified atom stereocenters. The van der Waals surface area contributed by atoms with Gasteiger partial charge < -0.3 is 34.2 Å². The Morgan fingerprint density at radius 1 is 0.919 bits per heavy atom. The molecule has 3 rings (SSSR count). The fraction of sp³-hybridized carbons (Fsp3) is 0.481. The fourth-order valence-electron chi connectivity index (χ4n) is 4.33. The van der Waals surface area contributed by atoms with Gasteiger partial charge in [-0.15, -0.1) is 0 Å². The summed E-state index contributed by atoms with van der Waals surface area (Å²) >= 11 is 0. The molecule has 1 aliphatic heterocycles. The molecule has 1 aliphatic rings. The van der Waals surface area contributed by atoms with Crippen molar-refractivity contribution >= 4 is 9.84 Å². The maximum absolute atomic E-state index is 12.3. The maximum Gasteiger partial charge on any atom is 0.203 e. The summed E-state index contributed by atoms with van der Waals surface area (Å²) in [5.41, 5.74) is 7.02. The highest BCUT2D eigenvalue weighted by molar-refractivity contribution is 7.90. The summed E-state index contributed by atoms with van der Waals surface area (Å²) in [5.74, 6) is 1.44. The minimum atomic E-state index is -3.42. The van der Waals surface area contributed by atoms with Gasteiger partial charge >= 0.3 is 0 Å². The minimum Gasteiger partial charge on any atom is -0.493 e. The molecule has 0 saturated carbocycles. The molecule has 9 nitrogen and oxygen atoms in total. The molecule has 2 aromatic rings. The van der Waals surface area contributed by atoms with E-state index in [-0.39, 0.29) is 4.90 Å². The zero-order valence-corrected chi connectivity index (χ0v) is 22.8. The van der Waals surface area contributed by atoms with Crippen LogP contribution in [0.2, 0.25) is 0 Å². The summed E-state index contributed by atoms with van der Waals surface area (Å²) < 4.78 is 60.3. The lowest BCUT2D eigenvalue weighted by atomic mass is 9.97. The highest BCUT2D eigenvalue weighted by Gasteiger charge is 2.48. The third-order valence-electron chi connectivity index (χ3n) is 6.05. The zero-order chi connectivity index (χ0) is 27.0. The lowest BCUT2D eigenvalue weighted by Gasteiger charge is -2.25. The first kappa shape index (κ1) is 28.9. The maximum atomic E-state index is 12.3. The molecule has 0 bridgehead atoms. The van der Waals surface area contributed by atoms with E-state index >= 15 is 0 Å². The molecule has 4 atom stereocenters. The van der Waals surface area contributed by atoms with Crippen molar-refractivity contribution in [2.24, 2.45) is 5.73 Å². The third-order valence-corrected chi connectivity index (χ3v) is 7.16. The highest BCUT2D eigenvalue weighted by atomic mass is 32.2. The summed E-state index contributed by atoms with van der Waals surface area (Å²) in [5, 5.41) is 0. The van der Waals surface area contributed by atoms with Gasteiger partial charge in [0.15, 0.2) is 21.3 Å². The van der Waals surface area contributed by atoms with Crippen LogP contribution in [0.25, 0.3) is 0 Å². The van der Waals surface area contributed by atoms with E-state index in [1.54, 1.807) is 39.5 Å². The zero-order valence-electron chi connectivity index (χ0n) is 22.0.